The number of hydrogen-bond acceptors (Lipinski definition) is 8. The summed E-state index contributed by atoms with van der Waals surface area (Å²) in [6.45, 7) is 25.4. The monoisotopic (exact) mass is 608 g/mol. The summed E-state index contributed by atoms with van der Waals surface area (Å²) in [6, 6.07) is 11.5. The Morgan fingerprint density at radius 2 is 1.39 bits per heavy atom. The lowest BCUT2D eigenvalue weighted by molar-refractivity contribution is 0.144. The fourth-order valence-electron chi connectivity index (χ4n) is 3.66. The molecule has 0 radical (unpaired) electrons. The maximum atomic E-state index is 5.61. The van der Waals surface area contributed by atoms with Gasteiger partial charge in [0.2, 0.25) is 5.88 Å². The topological polar surface area (TPSA) is 97.1 Å². The number of benzene rings is 1. The molecule has 0 amide bonds. The van der Waals surface area contributed by atoms with Gasteiger partial charge in [0.25, 0.3) is 0 Å². The molecule has 0 fully saturated rings. The van der Waals surface area contributed by atoms with Gasteiger partial charge in [-0.05, 0) is 49.9 Å². The van der Waals surface area contributed by atoms with Crippen molar-refractivity contribution in [2.24, 2.45) is 5.92 Å². The highest BCUT2D eigenvalue weighted by molar-refractivity contribution is 5.61. The van der Waals surface area contributed by atoms with E-state index in [0.29, 0.717) is 42.4 Å². The summed E-state index contributed by atoms with van der Waals surface area (Å²) < 4.78 is 18.1. The molecule has 0 bridgehead atoms. The van der Waals surface area contributed by atoms with Crippen LogP contribution in [0.25, 0.3) is 17.2 Å². The fraction of sp³-hybridized carbons (Fsp3) is 0.514. The average Bonchev–Trinajstić information content (AvgIpc) is 3.45. The highest BCUT2D eigenvalue weighted by atomic mass is 16.5. The smallest absolute Gasteiger partial charge is 0.213 e. The molecular formula is C35H56N6O3. The van der Waals surface area contributed by atoms with Crippen molar-refractivity contribution in [3.05, 3.63) is 71.6 Å². The molecule has 1 aromatic carbocycles. The first kappa shape index (κ1) is 40.1. The second kappa shape index (κ2) is 22.7. The second-order valence-corrected chi connectivity index (χ2v) is 9.39. The lowest BCUT2D eigenvalue weighted by Crippen LogP contribution is -2.07. The standard InChI is InChI=1S/C19H22N4O3.C10H16N2.3C2H6/c1-13-7-5-9-16(25-4)18(13)23-14(2)21-22-19(23)15-8-6-10-17(20-15)26-12-11-24-3;1-7(2)9(4)10-11-5-8(3)6-12-10;3*1-2/h5-10H,11-12H2,1-4H3;5-7,9H,1-4H3;3*1-2H3/t;9-;;;/m.0.../s1. The van der Waals surface area contributed by atoms with Gasteiger partial charge in [-0.25, -0.2) is 15.0 Å². The van der Waals surface area contributed by atoms with Crippen LogP contribution in [0.3, 0.4) is 0 Å². The summed E-state index contributed by atoms with van der Waals surface area (Å²) in [4.78, 5) is 13.1. The first-order valence-electron chi connectivity index (χ1n) is 15.7. The minimum atomic E-state index is 0.435. The predicted molar refractivity (Wildman–Crippen MR) is 182 cm³/mol. The van der Waals surface area contributed by atoms with E-state index >= 15 is 0 Å². The highest BCUT2D eigenvalue weighted by Gasteiger charge is 2.19. The molecule has 0 saturated heterocycles. The van der Waals surface area contributed by atoms with Crippen molar-refractivity contribution in [1.29, 1.82) is 0 Å². The summed E-state index contributed by atoms with van der Waals surface area (Å²) >= 11 is 0. The molecule has 44 heavy (non-hydrogen) atoms. The van der Waals surface area contributed by atoms with Crippen LogP contribution in [0.1, 0.15) is 91.0 Å². The zero-order valence-electron chi connectivity index (χ0n) is 29.6. The number of ether oxygens (including phenoxy) is 3. The molecule has 3 aromatic heterocycles. The Balaban J connectivity index is 0.000000861. The predicted octanol–water partition coefficient (Wildman–Crippen LogP) is 8.60. The first-order chi connectivity index (χ1) is 21.3. The molecule has 9 heteroatoms. The maximum Gasteiger partial charge on any atom is 0.213 e. The SMILES string of the molecule is CC.CC.CC.COCCOc1cccc(-c2nnc(C)n2-c2c(C)cccc2OC)n1.Cc1cnc([C@@H](C)C(C)C)nc1. The summed E-state index contributed by atoms with van der Waals surface area (Å²) in [6.07, 6.45) is 3.75. The molecule has 0 spiro atoms. The van der Waals surface area contributed by atoms with Crippen molar-refractivity contribution in [3.8, 4) is 28.8 Å². The molecule has 3 heterocycles. The van der Waals surface area contributed by atoms with E-state index in [1.807, 2.05) is 110 Å². The van der Waals surface area contributed by atoms with Crippen LogP contribution in [0, 0.1) is 26.7 Å². The first-order valence-corrected chi connectivity index (χ1v) is 15.7. The van der Waals surface area contributed by atoms with Crippen LogP contribution in [0.15, 0.2) is 48.8 Å². The van der Waals surface area contributed by atoms with E-state index in [9.17, 15) is 0 Å². The highest BCUT2D eigenvalue weighted by Crippen LogP contribution is 2.31. The Kier molecular flexibility index (Phi) is 20.7. The van der Waals surface area contributed by atoms with E-state index in [-0.39, 0.29) is 0 Å². The van der Waals surface area contributed by atoms with Crippen LogP contribution in [0.2, 0.25) is 0 Å². The summed E-state index contributed by atoms with van der Waals surface area (Å²) in [5, 5.41) is 8.58. The molecule has 0 aliphatic heterocycles. The van der Waals surface area contributed by atoms with Gasteiger partial charge in [-0.15, -0.1) is 10.2 Å². The zero-order valence-corrected chi connectivity index (χ0v) is 29.6. The van der Waals surface area contributed by atoms with Crippen LogP contribution >= 0.6 is 0 Å². The number of aromatic nitrogens is 6. The van der Waals surface area contributed by atoms with Gasteiger partial charge in [0.05, 0.1) is 19.4 Å². The van der Waals surface area contributed by atoms with E-state index in [0.717, 1.165) is 34.2 Å². The molecule has 9 nitrogen and oxygen atoms in total. The molecule has 0 aliphatic carbocycles. The van der Waals surface area contributed by atoms with Gasteiger partial charge in [-0.3, -0.25) is 4.57 Å². The Bertz CT molecular complexity index is 1310. The van der Waals surface area contributed by atoms with Crippen molar-refractivity contribution in [1.82, 2.24) is 29.7 Å². The summed E-state index contributed by atoms with van der Waals surface area (Å²) in [5.74, 6) is 4.66. The summed E-state index contributed by atoms with van der Waals surface area (Å²) in [5.41, 5.74) is 3.75. The Hall–Kier alpha value is -3.85. The van der Waals surface area contributed by atoms with Gasteiger partial charge in [-0.2, -0.15) is 0 Å². The fourth-order valence-corrected chi connectivity index (χ4v) is 3.66. The lowest BCUT2D eigenvalue weighted by atomic mass is 9.97. The van der Waals surface area contributed by atoms with E-state index in [4.69, 9.17) is 14.2 Å². The van der Waals surface area contributed by atoms with Crippen molar-refractivity contribution < 1.29 is 14.2 Å². The number of nitrogens with zero attached hydrogens (tertiary/aromatic N) is 6. The number of pyridine rings is 1. The molecule has 244 valence electrons. The number of hydrogen-bond donors (Lipinski definition) is 0. The van der Waals surface area contributed by atoms with Gasteiger partial charge in [0.1, 0.15) is 29.7 Å². The molecule has 4 aromatic rings. The number of methoxy groups -OCH3 is 2. The largest absolute Gasteiger partial charge is 0.495 e. The number of rotatable bonds is 9. The molecule has 0 aliphatic rings. The third kappa shape index (κ3) is 12.0. The van der Waals surface area contributed by atoms with Gasteiger partial charge in [0.15, 0.2) is 5.82 Å². The van der Waals surface area contributed by atoms with E-state index in [1.165, 1.54) is 0 Å². The molecular weight excluding hydrogens is 552 g/mol. The molecule has 1 atom stereocenters. The van der Waals surface area contributed by atoms with Crippen molar-refractivity contribution in [2.75, 3.05) is 27.4 Å². The lowest BCUT2D eigenvalue weighted by Gasteiger charge is -2.15. The van der Waals surface area contributed by atoms with Crippen LogP contribution in [0.5, 0.6) is 11.6 Å². The average molecular weight is 609 g/mol. The van der Waals surface area contributed by atoms with Gasteiger partial charge in [-0.1, -0.05) is 80.5 Å². The minimum absolute atomic E-state index is 0.435. The molecule has 0 saturated carbocycles. The summed E-state index contributed by atoms with van der Waals surface area (Å²) in [7, 11) is 3.29. The Morgan fingerprint density at radius 3 is 1.95 bits per heavy atom. The van der Waals surface area contributed by atoms with E-state index < -0.39 is 0 Å². The number of aryl methyl sites for hydroxylation is 3. The minimum Gasteiger partial charge on any atom is -0.495 e. The second-order valence-electron chi connectivity index (χ2n) is 9.39. The van der Waals surface area contributed by atoms with Crippen molar-refractivity contribution >= 4 is 0 Å². The van der Waals surface area contributed by atoms with Gasteiger partial charge >= 0.3 is 0 Å². The van der Waals surface area contributed by atoms with Crippen LogP contribution in [-0.4, -0.2) is 57.1 Å². The molecule has 0 N–H and O–H groups in total. The normalized spacial score (nSPS) is 10.4. The molecule has 0 unspecified atom stereocenters. The van der Waals surface area contributed by atoms with Crippen molar-refractivity contribution in [2.45, 2.75) is 89.0 Å². The van der Waals surface area contributed by atoms with Gasteiger partial charge < -0.3 is 14.2 Å². The third-order valence-corrected chi connectivity index (χ3v) is 6.17. The quantitative estimate of drug-likeness (QED) is 0.174. The Labute approximate surface area is 266 Å². The van der Waals surface area contributed by atoms with Crippen LogP contribution in [0.4, 0.5) is 0 Å². The zero-order chi connectivity index (χ0) is 33.7. The van der Waals surface area contributed by atoms with E-state index in [2.05, 4.69) is 45.9 Å². The maximum absolute atomic E-state index is 5.61. The van der Waals surface area contributed by atoms with Crippen LogP contribution < -0.4 is 9.47 Å². The molecule has 4 rings (SSSR count). The van der Waals surface area contributed by atoms with Gasteiger partial charge in [0, 0.05) is 31.5 Å². The van der Waals surface area contributed by atoms with Crippen molar-refractivity contribution in [3.63, 3.8) is 0 Å². The number of para-hydroxylation sites is 1. The van der Waals surface area contributed by atoms with Crippen LogP contribution in [-0.2, 0) is 4.74 Å². The third-order valence-electron chi connectivity index (χ3n) is 6.17. The Morgan fingerprint density at radius 1 is 0.773 bits per heavy atom. The van der Waals surface area contributed by atoms with E-state index in [1.54, 1.807) is 20.3 Å².